The Hall–Kier alpha value is -1.71. The lowest BCUT2D eigenvalue weighted by atomic mass is 10.2. The summed E-state index contributed by atoms with van der Waals surface area (Å²) in [6, 6.07) is 5.18. The van der Waals surface area contributed by atoms with Crippen LogP contribution in [-0.2, 0) is 0 Å². The number of carboxylic acids is 1. The third kappa shape index (κ3) is 1.61. The van der Waals surface area contributed by atoms with Gasteiger partial charge in [-0.1, -0.05) is 12.1 Å². The number of hydrogen-bond acceptors (Lipinski definition) is 4. The molecule has 0 radical (unpaired) electrons. The van der Waals surface area contributed by atoms with Gasteiger partial charge >= 0.3 is 0 Å². The molecule has 1 aromatic carbocycles. The summed E-state index contributed by atoms with van der Waals surface area (Å²) in [5, 5.41) is 12.8. The topological polar surface area (TPSA) is 69.6 Å². The molecule has 1 aromatic rings. The van der Waals surface area contributed by atoms with E-state index in [9.17, 15) is 14.8 Å². The van der Waals surface area contributed by atoms with Crippen molar-refractivity contribution >= 4 is 11.7 Å². The highest BCUT2D eigenvalue weighted by Gasteiger charge is 1.92. The van der Waals surface area contributed by atoms with Crippen LogP contribution in [-0.4, -0.2) is 5.97 Å². The average Bonchev–Trinajstić information content (AvgIpc) is 2.05. The molecule has 0 aliphatic heterocycles. The van der Waals surface area contributed by atoms with Crippen LogP contribution in [0.15, 0.2) is 29.4 Å². The van der Waals surface area contributed by atoms with E-state index in [1.807, 2.05) is 0 Å². The van der Waals surface area contributed by atoms with Gasteiger partial charge in [-0.25, -0.2) is 0 Å². The number of nitroso groups, excluding NO2 is 1. The van der Waals surface area contributed by atoms with E-state index >= 15 is 0 Å². The van der Waals surface area contributed by atoms with Crippen molar-refractivity contribution in [2.24, 2.45) is 5.18 Å². The first-order valence-corrected chi connectivity index (χ1v) is 2.89. The molecule has 0 N–H and O–H groups in total. The zero-order valence-electron chi connectivity index (χ0n) is 5.48. The van der Waals surface area contributed by atoms with Crippen LogP contribution in [0.3, 0.4) is 0 Å². The number of nitrogens with zero attached hydrogens (tertiary/aromatic N) is 1. The van der Waals surface area contributed by atoms with Crippen LogP contribution in [0.4, 0.5) is 5.69 Å². The minimum Gasteiger partial charge on any atom is -0.545 e. The fraction of sp³-hybridized carbons (Fsp3) is 0. The van der Waals surface area contributed by atoms with Crippen LogP contribution in [0.25, 0.3) is 0 Å². The number of aromatic carboxylic acids is 1. The Morgan fingerprint density at radius 1 is 1.27 bits per heavy atom. The summed E-state index contributed by atoms with van der Waals surface area (Å²) in [5.74, 6) is -1.26. The second kappa shape index (κ2) is 2.92. The van der Waals surface area contributed by atoms with E-state index in [1.165, 1.54) is 24.3 Å². The van der Waals surface area contributed by atoms with Gasteiger partial charge in [-0.15, -0.1) is 4.91 Å². The number of rotatable bonds is 2. The fourth-order valence-electron chi connectivity index (χ4n) is 0.658. The normalized spacial score (nSPS) is 9.09. The summed E-state index contributed by atoms with van der Waals surface area (Å²) in [6.45, 7) is 0. The Balaban J connectivity index is 3.00. The van der Waals surface area contributed by atoms with Crippen LogP contribution >= 0.6 is 0 Å². The minimum atomic E-state index is -1.26. The van der Waals surface area contributed by atoms with Crippen molar-refractivity contribution in [3.05, 3.63) is 34.7 Å². The van der Waals surface area contributed by atoms with Crippen molar-refractivity contribution in [3.63, 3.8) is 0 Å². The predicted molar refractivity (Wildman–Crippen MR) is 36.2 cm³/mol. The Morgan fingerprint density at radius 3 is 2.18 bits per heavy atom. The van der Waals surface area contributed by atoms with E-state index < -0.39 is 5.97 Å². The van der Waals surface area contributed by atoms with Crippen molar-refractivity contribution in [3.8, 4) is 0 Å². The summed E-state index contributed by atoms with van der Waals surface area (Å²) in [4.78, 5) is 20.1. The molecule has 0 fully saturated rings. The van der Waals surface area contributed by atoms with Gasteiger partial charge in [0.25, 0.3) is 0 Å². The van der Waals surface area contributed by atoms with Crippen molar-refractivity contribution in [2.45, 2.75) is 0 Å². The first kappa shape index (κ1) is 7.40. The van der Waals surface area contributed by atoms with Crippen LogP contribution in [0, 0.1) is 4.91 Å². The second-order valence-electron chi connectivity index (χ2n) is 1.93. The van der Waals surface area contributed by atoms with E-state index in [0.29, 0.717) is 0 Å². The van der Waals surface area contributed by atoms with Gasteiger partial charge in [0.05, 0.1) is 5.97 Å². The lowest BCUT2D eigenvalue weighted by molar-refractivity contribution is -0.255. The molecule has 4 nitrogen and oxygen atoms in total. The Bertz CT molecular complexity index is 278. The van der Waals surface area contributed by atoms with Crippen molar-refractivity contribution in [1.29, 1.82) is 0 Å². The number of carbonyl (C=O) groups excluding carboxylic acids is 1. The molecule has 0 atom stereocenters. The molecule has 0 aliphatic rings. The van der Waals surface area contributed by atoms with E-state index in [-0.39, 0.29) is 11.3 Å². The first-order chi connectivity index (χ1) is 5.24. The SMILES string of the molecule is O=Nc1ccc(C(=O)[O-])cc1. The highest BCUT2D eigenvalue weighted by Crippen LogP contribution is 2.11. The summed E-state index contributed by atoms with van der Waals surface area (Å²) in [7, 11) is 0. The Kier molecular flexibility index (Phi) is 1.96. The zero-order chi connectivity index (χ0) is 8.27. The Morgan fingerprint density at radius 2 is 1.82 bits per heavy atom. The highest BCUT2D eigenvalue weighted by molar-refractivity contribution is 5.86. The van der Waals surface area contributed by atoms with Crippen molar-refractivity contribution in [2.75, 3.05) is 0 Å². The third-order valence-electron chi connectivity index (χ3n) is 1.21. The maximum atomic E-state index is 10.2. The molecule has 56 valence electrons. The minimum absolute atomic E-state index is 0.0393. The van der Waals surface area contributed by atoms with Gasteiger partial charge in [0.2, 0.25) is 0 Å². The third-order valence-corrected chi connectivity index (χ3v) is 1.21. The Labute approximate surface area is 62.4 Å². The molecule has 0 saturated heterocycles. The van der Waals surface area contributed by atoms with Gasteiger partial charge in [0.1, 0.15) is 5.69 Å². The molecule has 4 heteroatoms. The molecule has 0 aromatic heterocycles. The molecule has 11 heavy (non-hydrogen) atoms. The molecule has 0 aliphatic carbocycles. The lowest BCUT2D eigenvalue weighted by Crippen LogP contribution is -2.21. The summed E-state index contributed by atoms with van der Waals surface area (Å²) >= 11 is 0. The number of hydrogen-bond donors (Lipinski definition) is 0. The van der Waals surface area contributed by atoms with E-state index in [4.69, 9.17) is 0 Å². The van der Waals surface area contributed by atoms with Gasteiger partial charge in [0, 0.05) is 0 Å². The number of carboxylic acid groups (broad SMARTS) is 1. The molecular formula is C7H4NO3-. The number of benzene rings is 1. The summed E-state index contributed by atoms with van der Waals surface area (Å²) in [6.07, 6.45) is 0. The van der Waals surface area contributed by atoms with Crippen LogP contribution in [0.2, 0.25) is 0 Å². The molecule has 0 bridgehead atoms. The summed E-state index contributed by atoms with van der Waals surface area (Å²) < 4.78 is 0. The fourth-order valence-corrected chi connectivity index (χ4v) is 0.658. The van der Waals surface area contributed by atoms with Gasteiger partial charge < -0.3 is 9.90 Å². The average molecular weight is 150 g/mol. The zero-order valence-corrected chi connectivity index (χ0v) is 5.48. The molecular weight excluding hydrogens is 146 g/mol. The molecule has 0 unspecified atom stereocenters. The van der Waals surface area contributed by atoms with E-state index in [0.717, 1.165) is 0 Å². The highest BCUT2D eigenvalue weighted by atomic mass is 16.4. The maximum absolute atomic E-state index is 10.2. The van der Waals surface area contributed by atoms with Gasteiger partial charge in [-0.3, -0.25) is 0 Å². The molecule has 0 amide bonds. The van der Waals surface area contributed by atoms with Gasteiger partial charge in [-0.2, -0.15) is 0 Å². The smallest absolute Gasteiger partial charge is 0.108 e. The molecule has 0 spiro atoms. The van der Waals surface area contributed by atoms with Crippen molar-refractivity contribution in [1.82, 2.24) is 0 Å². The lowest BCUT2D eigenvalue weighted by Gasteiger charge is -1.99. The second-order valence-corrected chi connectivity index (χ2v) is 1.93. The standard InChI is InChI=1S/C7H5NO3/c9-7(10)5-1-3-6(8-11)4-2-5/h1-4H,(H,9,10)/p-1. The van der Waals surface area contributed by atoms with Gasteiger partial charge in [-0.05, 0) is 22.9 Å². The first-order valence-electron chi connectivity index (χ1n) is 2.89. The van der Waals surface area contributed by atoms with Crippen LogP contribution in [0.1, 0.15) is 10.4 Å². The number of carbonyl (C=O) groups is 1. The van der Waals surface area contributed by atoms with E-state index in [1.54, 1.807) is 0 Å². The molecule has 0 heterocycles. The maximum Gasteiger partial charge on any atom is 0.108 e. The molecule has 1 rings (SSSR count). The summed E-state index contributed by atoms with van der Waals surface area (Å²) in [5.41, 5.74) is 0.243. The van der Waals surface area contributed by atoms with Crippen LogP contribution in [0.5, 0.6) is 0 Å². The predicted octanol–water partition coefficient (Wildman–Crippen LogP) is 0.448. The largest absolute Gasteiger partial charge is 0.545 e. The quantitative estimate of drug-likeness (QED) is 0.574. The van der Waals surface area contributed by atoms with Crippen LogP contribution < -0.4 is 5.11 Å². The van der Waals surface area contributed by atoms with Crippen molar-refractivity contribution < 1.29 is 9.90 Å². The van der Waals surface area contributed by atoms with E-state index in [2.05, 4.69) is 5.18 Å². The van der Waals surface area contributed by atoms with Gasteiger partial charge in [0.15, 0.2) is 0 Å². The molecule has 0 saturated carbocycles. The monoisotopic (exact) mass is 150 g/mol.